The Labute approximate surface area is 119 Å². The Hall–Kier alpha value is -1.58. The quantitative estimate of drug-likeness (QED) is 0.651. The molecule has 0 amide bonds. The van der Waals surface area contributed by atoms with Crippen LogP contribution >= 0.6 is 0 Å². The lowest BCUT2D eigenvalue weighted by atomic mass is 10.1. The summed E-state index contributed by atoms with van der Waals surface area (Å²) in [4.78, 5) is 1.99. The number of nitrogens with two attached hydrogens (primary N) is 1. The summed E-state index contributed by atoms with van der Waals surface area (Å²) in [5, 5.41) is 19.2. The molecule has 5 heteroatoms. The molecule has 2 unspecified atom stereocenters. The fourth-order valence-electron chi connectivity index (χ4n) is 2.35. The van der Waals surface area contributed by atoms with E-state index in [0.717, 1.165) is 16.9 Å². The molecule has 0 saturated carbocycles. The number of benzene rings is 1. The number of methoxy groups -OCH3 is 1. The fourth-order valence-corrected chi connectivity index (χ4v) is 2.35. The third-order valence-corrected chi connectivity index (χ3v) is 3.34. The number of rotatable bonds is 3. The molecule has 108 valence electrons. The van der Waals surface area contributed by atoms with E-state index in [9.17, 15) is 10.2 Å². The Morgan fingerprint density at radius 1 is 1.35 bits per heavy atom. The van der Waals surface area contributed by atoms with Crippen LogP contribution in [0.4, 0.5) is 0 Å². The molecule has 1 aromatic rings. The van der Waals surface area contributed by atoms with E-state index >= 15 is 0 Å². The minimum Gasteiger partial charge on any atom is -0.496 e. The molecule has 0 aliphatic carbocycles. The van der Waals surface area contributed by atoms with E-state index in [-0.39, 0.29) is 0 Å². The zero-order chi connectivity index (χ0) is 14.5. The largest absolute Gasteiger partial charge is 0.496 e. The molecule has 0 spiro atoms. The van der Waals surface area contributed by atoms with Crippen LogP contribution in [0.5, 0.6) is 5.75 Å². The van der Waals surface area contributed by atoms with Crippen LogP contribution in [-0.2, 0) is 6.54 Å². The van der Waals surface area contributed by atoms with Crippen molar-refractivity contribution in [2.45, 2.75) is 18.8 Å². The van der Waals surface area contributed by atoms with Crippen molar-refractivity contribution in [3.05, 3.63) is 29.3 Å². The lowest BCUT2D eigenvalue weighted by molar-refractivity contribution is 0.0572. The number of aliphatic hydroxyl groups excluding tert-OH is 2. The van der Waals surface area contributed by atoms with Gasteiger partial charge in [-0.1, -0.05) is 11.8 Å². The molecule has 2 rings (SSSR count). The molecule has 1 aromatic carbocycles. The van der Waals surface area contributed by atoms with Crippen LogP contribution in [0.3, 0.4) is 0 Å². The summed E-state index contributed by atoms with van der Waals surface area (Å²) >= 11 is 0. The Bertz CT molecular complexity index is 512. The molecule has 1 aliphatic heterocycles. The Morgan fingerprint density at radius 3 is 2.65 bits per heavy atom. The number of hydrogen-bond donors (Lipinski definition) is 3. The molecule has 0 bridgehead atoms. The van der Waals surface area contributed by atoms with Crippen molar-refractivity contribution in [2.24, 2.45) is 5.73 Å². The monoisotopic (exact) mass is 276 g/mol. The van der Waals surface area contributed by atoms with Gasteiger partial charge >= 0.3 is 0 Å². The number of likely N-dealkylation sites (tertiary alicyclic amines) is 1. The number of ether oxygens (including phenoxy) is 1. The average molecular weight is 276 g/mol. The van der Waals surface area contributed by atoms with Gasteiger partial charge in [-0.05, 0) is 18.2 Å². The van der Waals surface area contributed by atoms with Crippen LogP contribution in [0.2, 0.25) is 0 Å². The SMILES string of the molecule is COc1ccc(C#CCN)cc1CN1CC(O)C(O)C1. The zero-order valence-corrected chi connectivity index (χ0v) is 11.5. The first-order valence-electron chi connectivity index (χ1n) is 6.58. The predicted molar refractivity (Wildman–Crippen MR) is 76.2 cm³/mol. The number of nitrogens with zero attached hydrogens (tertiary/aromatic N) is 1. The van der Waals surface area contributed by atoms with Gasteiger partial charge in [0.15, 0.2) is 0 Å². The Morgan fingerprint density at radius 2 is 2.05 bits per heavy atom. The smallest absolute Gasteiger partial charge is 0.123 e. The molecule has 1 aliphatic rings. The van der Waals surface area contributed by atoms with Gasteiger partial charge in [0.2, 0.25) is 0 Å². The first-order valence-corrected chi connectivity index (χ1v) is 6.58. The van der Waals surface area contributed by atoms with Crippen LogP contribution in [0, 0.1) is 11.8 Å². The van der Waals surface area contributed by atoms with Crippen molar-refractivity contribution >= 4 is 0 Å². The highest BCUT2D eigenvalue weighted by atomic mass is 16.5. The highest BCUT2D eigenvalue weighted by Crippen LogP contribution is 2.23. The first-order chi connectivity index (χ1) is 9.63. The minimum absolute atomic E-state index is 0.325. The second-order valence-corrected chi connectivity index (χ2v) is 4.86. The van der Waals surface area contributed by atoms with E-state index in [0.29, 0.717) is 26.2 Å². The summed E-state index contributed by atoms with van der Waals surface area (Å²) < 4.78 is 5.34. The molecular formula is C15H20N2O3. The number of hydrogen-bond acceptors (Lipinski definition) is 5. The van der Waals surface area contributed by atoms with E-state index in [2.05, 4.69) is 11.8 Å². The van der Waals surface area contributed by atoms with Gasteiger partial charge in [0.05, 0.1) is 25.9 Å². The lowest BCUT2D eigenvalue weighted by Crippen LogP contribution is -2.22. The molecule has 1 saturated heterocycles. The van der Waals surface area contributed by atoms with E-state index in [1.54, 1.807) is 7.11 Å². The van der Waals surface area contributed by atoms with Crippen LogP contribution in [0.25, 0.3) is 0 Å². The standard InChI is InChI=1S/C15H20N2O3/c1-20-15-5-4-11(3-2-6-16)7-12(15)8-17-9-13(18)14(19)10-17/h4-5,7,13-14,18-19H,6,8-10,16H2,1H3. The third kappa shape index (κ3) is 3.50. The van der Waals surface area contributed by atoms with E-state index in [1.807, 2.05) is 23.1 Å². The van der Waals surface area contributed by atoms with Crippen molar-refractivity contribution in [3.8, 4) is 17.6 Å². The molecule has 1 fully saturated rings. The predicted octanol–water partition coefficient (Wildman–Crippen LogP) is -0.457. The van der Waals surface area contributed by atoms with Crippen molar-refractivity contribution < 1.29 is 14.9 Å². The van der Waals surface area contributed by atoms with Gasteiger partial charge in [0.25, 0.3) is 0 Å². The van der Waals surface area contributed by atoms with Crippen LogP contribution in [0.1, 0.15) is 11.1 Å². The summed E-state index contributed by atoms with van der Waals surface area (Å²) in [6.45, 7) is 1.85. The molecule has 0 radical (unpaired) electrons. The minimum atomic E-state index is -0.679. The van der Waals surface area contributed by atoms with E-state index in [4.69, 9.17) is 10.5 Å². The van der Waals surface area contributed by atoms with Gasteiger partial charge in [-0.15, -0.1) is 0 Å². The summed E-state index contributed by atoms with van der Waals surface area (Å²) in [6.07, 6.45) is -1.36. The normalized spacial score (nSPS) is 22.4. The molecule has 4 N–H and O–H groups in total. The van der Waals surface area contributed by atoms with Gasteiger partial charge in [-0.25, -0.2) is 0 Å². The van der Waals surface area contributed by atoms with Gasteiger partial charge in [-0.3, -0.25) is 4.90 Å². The molecule has 2 atom stereocenters. The van der Waals surface area contributed by atoms with Gasteiger partial charge < -0.3 is 20.7 Å². The number of aliphatic hydroxyl groups is 2. The second-order valence-electron chi connectivity index (χ2n) is 4.86. The average Bonchev–Trinajstić information content (AvgIpc) is 2.75. The van der Waals surface area contributed by atoms with E-state index < -0.39 is 12.2 Å². The first kappa shape index (κ1) is 14.8. The van der Waals surface area contributed by atoms with Gasteiger partial charge in [0, 0.05) is 30.8 Å². The maximum Gasteiger partial charge on any atom is 0.123 e. The van der Waals surface area contributed by atoms with Crippen LogP contribution in [0.15, 0.2) is 18.2 Å². The summed E-state index contributed by atoms with van der Waals surface area (Å²) in [5.74, 6) is 6.59. The van der Waals surface area contributed by atoms with Crippen molar-refractivity contribution in [2.75, 3.05) is 26.7 Å². The highest BCUT2D eigenvalue weighted by Gasteiger charge is 2.29. The Kier molecular flexibility index (Phi) is 4.99. The van der Waals surface area contributed by atoms with Crippen LogP contribution < -0.4 is 10.5 Å². The van der Waals surface area contributed by atoms with Gasteiger partial charge in [-0.2, -0.15) is 0 Å². The fraction of sp³-hybridized carbons (Fsp3) is 0.467. The lowest BCUT2D eigenvalue weighted by Gasteiger charge is -2.17. The molecular weight excluding hydrogens is 256 g/mol. The molecule has 0 aromatic heterocycles. The zero-order valence-electron chi connectivity index (χ0n) is 11.5. The molecule has 1 heterocycles. The molecule has 20 heavy (non-hydrogen) atoms. The highest BCUT2D eigenvalue weighted by molar-refractivity contribution is 5.44. The third-order valence-electron chi connectivity index (χ3n) is 3.34. The summed E-state index contributed by atoms with van der Waals surface area (Å²) in [5.41, 5.74) is 7.24. The van der Waals surface area contributed by atoms with Crippen molar-refractivity contribution in [1.29, 1.82) is 0 Å². The maximum absolute atomic E-state index is 9.58. The summed E-state index contributed by atoms with van der Waals surface area (Å²) in [7, 11) is 1.62. The van der Waals surface area contributed by atoms with E-state index in [1.165, 1.54) is 0 Å². The number of β-amino-alcohol motifs (C(OH)–C–C–N with tert-alkyl or cyclic N) is 2. The summed E-state index contributed by atoms with van der Waals surface area (Å²) in [6, 6.07) is 5.72. The Balaban J connectivity index is 2.16. The van der Waals surface area contributed by atoms with Crippen molar-refractivity contribution in [3.63, 3.8) is 0 Å². The topological polar surface area (TPSA) is 79.0 Å². The van der Waals surface area contributed by atoms with Crippen molar-refractivity contribution in [1.82, 2.24) is 4.90 Å². The van der Waals surface area contributed by atoms with Gasteiger partial charge in [0.1, 0.15) is 5.75 Å². The maximum atomic E-state index is 9.58. The molecule has 5 nitrogen and oxygen atoms in total. The van der Waals surface area contributed by atoms with Crippen LogP contribution in [-0.4, -0.2) is 54.1 Å². The second kappa shape index (κ2) is 6.73.